The Balaban J connectivity index is 1.62. The highest BCUT2D eigenvalue weighted by Gasteiger charge is 2.41. The van der Waals surface area contributed by atoms with Crippen LogP contribution in [0.1, 0.15) is 51.2 Å². The van der Waals surface area contributed by atoms with Crippen molar-refractivity contribution in [3.8, 4) is 0 Å². The number of carbonyl (C=O) groups is 1. The number of hydrogen-bond donors (Lipinski definition) is 2. The number of fused-ring (bicyclic) bond motifs is 1. The zero-order valence-corrected chi connectivity index (χ0v) is 16.5. The van der Waals surface area contributed by atoms with E-state index < -0.39 is 0 Å². The van der Waals surface area contributed by atoms with E-state index in [9.17, 15) is 9.59 Å². The van der Waals surface area contributed by atoms with Gasteiger partial charge in [0.15, 0.2) is 0 Å². The number of aliphatic imine (C=N–C) groups is 1. The van der Waals surface area contributed by atoms with Gasteiger partial charge in [-0.3, -0.25) is 0 Å². The molecule has 0 bridgehead atoms. The van der Waals surface area contributed by atoms with Gasteiger partial charge in [-0.05, 0) is 59.8 Å². The Kier molecular flexibility index (Phi) is 5.29. The lowest BCUT2D eigenvalue weighted by molar-refractivity contribution is 0.0828. The van der Waals surface area contributed by atoms with Crippen molar-refractivity contribution in [1.29, 1.82) is 0 Å². The summed E-state index contributed by atoms with van der Waals surface area (Å²) in [4.78, 5) is 29.3. The van der Waals surface area contributed by atoms with Gasteiger partial charge in [0, 0.05) is 25.3 Å². The first-order valence-corrected chi connectivity index (χ1v) is 9.67. The fraction of sp³-hybridized carbons (Fsp3) is 0.619. The summed E-state index contributed by atoms with van der Waals surface area (Å²) >= 11 is 0. The van der Waals surface area contributed by atoms with Gasteiger partial charge in [-0.25, -0.2) is 14.6 Å². The maximum absolute atomic E-state index is 12.7. The number of benzene rings is 1. The monoisotopic (exact) mass is 370 g/mol. The van der Waals surface area contributed by atoms with Gasteiger partial charge in [0.2, 0.25) is 6.08 Å². The van der Waals surface area contributed by atoms with Crippen LogP contribution < -0.4 is 11.1 Å². The van der Waals surface area contributed by atoms with Gasteiger partial charge in [0.25, 0.3) is 0 Å². The Hall–Kier alpha value is -2.33. The molecular formula is C21H30N4O2. The summed E-state index contributed by atoms with van der Waals surface area (Å²) in [6, 6.07) is 5.88. The second-order valence-corrected chi connectivity index (χ2v) is 9.29. The van der Waals surface area contributed by atoms with Crippen molar-refractivity contribution in [3.63, 3.8) is 0 Å². The first-order valence-electron chi connectivity index (χ1n) is 9.67. The van der Waals surface area contributed by atoms with Gasteiger partial charge in [-0.15, -0.1) is 0 Å². The molecule has 6 heteroatoms. The zero-order valence-electron chi connectivity index (χ0n) is 16.5. The van der Waals surface area contributed by atoms with Crippen LogP contribution in [-0.2, 0) is 17.8 Å². The molecule has 2 aliphatic rings. The molecule has 1 fully saturated rings. The van der Waals surface area contributed by atoms with Crippen LogP contribution in [0.5, 0.6) is 0 Å². The number of nitrogen functional groups attached to an aromatic ring is 1. The Morgan fingerprint density at radius 3 is 2.85 bits per heavy atom. The van der Waals surface area contributed by atoms with Crippen molar-refractivity contribution < 1.29 is 9.59 Å². The van der Waals surface area contributed by atoms with Gasteiger partial charge in [-0.2, -0.15) is 0 Å². The highest BCUT2D eigenvalue weighted by molar-refractivity contribution is 5.74. The lowest BCUT2D eigenvalue weighted by Crippen LogP contribution is -2.49. The predicted molar refractivity (Wildman–Crippen MR) is 106 cm³/mol. The Morgan fingerprint density at radius 1 is 1.33 bits per heavy atom. The van der Waals surface area contributed by atoms with E-state index >= 15 is 0 Å². The molecule has 2 atom stereocenters. The highest BCUT2D eigenvalue weighted by atomic mass is 16.2. The third-order valence-electron chi connectivity index (χ3n) is 5.85. The van der Waals surface area contributed by atoms with Crippen LogP contribution >= 0.6 is 0 Å². The number of hydrogen-bond acceptors (Lipinski definition) is 4. The fourth-order valence-electron chi connectivity index (χ4n) is 5.03. The number of rotatable bonds is 3. The fourth-order valence-corrected chi connectivity index (χ4v) is 5.03. The van der Waals surface area contributed by atoms with Crippen molar-refractivity contribution in [2.24, 2.45) is 15.8 Å². The van der Waals surface area contributed by atoms with Crippen LogP contribution in [-0.4, -0.2) is 36.1 Å². The molecule has 146 valence electrons. The average molecular weight is 370 g/mol. The van der Waals surface area contributed by atoms with Crippen molar-refractivity contribution in [2.45, 2.75) is 59.0 Å². The molecule has 6 nitrogen and oxygen atoms in total. The first-order chi connectivity index (χ1) is 12.7. The topological polar surface area (TPSA) is 87.8 Å². The maximum atomic E-state index is 12.7. The molecule has 0 aromatic heterocycles. The van der Waals surface area contributed by atoms with Gasteiger partial charge in [0.1, 0.15) is 0 Å². The van der Waals surface area contributed by atoms with Crippen LogP contribution in [0.4, 0.5) is 10.5 Å². The number of isocyanates is 1. The van der Waals surface area contributed by atoms with Crippen LogP contribution in [0.15, 0.2) is 23.2 Å². The third-order valence-corrected chi connectivity index (χ3v) is 5.85. The number of carbonyl (C=O) groups excluding carboxylic acids is 2. The third kappa shape index (κ3) is 4.69. The molecule has 3 N–H and O–H groups in total. The molecule has 1 aromatic carbocycles. The number of nitrogens with one attached hydrogen (secondary N) is 1. The summed E-state index contributed by atoms with van der Waals surface area (Å²) in [6.45, 7) is 8.46. The maximum Gasteiger partial charge on any atom is 0.317 e. The van der Waals surface area contributed by atoms with E-state index in [2.05, 4.69) is 37.1 Å². The number of anilines is 1. The molecule has 0 radical (unpaired) electrons. The molecular weight excluding hydrogens is 340 g/mol. The summed E-state index contributed by atoms with van der Waals surface area (Å²) < 4.78 is 0. The molecule has 1 aliphatic heterocycles. The van der Waals surface area contributed by atoms with E-state index in [1.54, 1.807) is 6.08 Å². The lowest BCUT2D eigenvalue weighted by atomic mass is 9.63. The van der Waals surface area contributed by atoms with E-state index in [-0.39, 0.29) is 22.9 Å². The predicted octanol–water partition coefficient (Wildman–Crippen LogP) is 3.26. The highest BCUT2D eigenvalue weighted by Crippen LogP contribution is 2.46. The molecule has 2 amide bonds. The van der Waals surface area contributed by atoms with Crippen LogP contribution in [0, 0.1) is 10.8 Å². The van der Waals surface area contributed by atoms with Crippen LogP contribution in [0.25, 0.3) is 0 Å². The van der Waals surface area contributed by atoms with E-state index in [0.29, 0.717) is 19.6 Å². The van der Waals surface area contributed by atoms with Crippen molar-refractivity contribution in [1.82, 2.24) is 10.2 Å². The summed E-state index contributed by atoms with van der Waals surface area (Å²) in [7, 11) is 0. The second kappa shape index (κ2) is 7.35. The van der Waals surface area contributed by atoms with E-state index in [1.165, 1.54) is 5.56 Å². The molecule has 27 heavy (non-hydrogen) atoms. The minimum Gasteiger partial charge on any atom is -0.399 e. The minimum absolute atomic E-state index is 0.0157. The van der Waals surface area contributed by atoms with Gasteiger partial charge >= 0.3 is 6.03 Å². The molecule has 0 saturated heterocycles. The van der Waals surface area contributed by atoms with Gasteiger partial charge in [-0.1, -0.05) is 26.8 Å². The quantitative estimate of drug-likeness (QED) is 0.486. The Morgan fingerprint density at radius 2 is 2.11 bits per heavy atom. The number of nitrogens with two attached hydrogens (primary N) is 1. The van der Waals surface area contributed by atoms with Crippen LogP contribution in [0.2, 0.25) is 0 Å². The van der Waals surface area contributed by atoms with Crippen LogP contribution in [0.3, 0.4) is 0 Å². The van der Waals surface area contributed by atoms with E-state index in [0.717, 1.165) is 36.9 Å². The standard InChI is InChI=1S/C21H30N4O2/c1-20(2)9-18(24-14-26)10-21(3,12-20)13-23-19(27)25-7-6-15-4-5-17(22)8-16(15)11-25/h4-5,8,18H,6-7,9-13,22H2,1-3H3,(H,23,27). The Bertz CT molecular complexity index is 769. The lowest BCUT2D eigenvalue weighted by Gasteiger charge is -2.45. The minimum atomic E-state index is -0.0828. The summed E-state index contributed by atoms with van der Waals surface area (Å²) in [6.07, 6.45) is 5.24. The molecule has 0 spiro atoms. The Labute approximate surface area is 161 Å². The van der Waals surface area contributed by atoms with Gasteiger partial charge < -0.3 is 16.0 Å². The summed E-state index contributed by atoms with van der Waals surface area (Å²) in [5, 5.41) is 3.12. The molecule has 3 rings (SSSR count). The molecule has 1 heterocycles. The second-order valence-electron chi connectivity index (χ2n) is 9.29. The van der Waals surface area contributed by atoms with E-state index in [4.69, 9.17) is 5.73 Å². The van der Waals surface area contributed by atoms with E-state index in [1.807, 2.05) is 17.0 Å². The largest absolute Gasteiger partial charge is 0.399 e. The van der Waals surface area contributed by atoms with Crippen molar-refractivity contribution >= 4 is 17.8 Å². The average Bonchev–Trinajstić information content (AvgIpc) is 2.57. The summed E-state index contributed by atoms with van der Waals surface area (Å²) in [5.41, 5.74) is 9.01. The molecule has 2 unspecified atom stereocenters. The molecule has 1 aliphatic carbocycles. The number of nitrogens with zero attached hydrogens (tertiary/aromatic N) is 2. The number of urea groups is 1. The first kappa shape index (κ1) is 19.4. The zero-order chi connectivity index (χ0) is 19.7. The van der Waals surface area contributed by atoms with Crippen molar-refractivity contribution in [3.05, 3.63) is 29.3 Å². The van der Waals surface area contributed by atoms with Crippen molar-refractivity contribution in [2.75, 3.05) is 18.8 Å². The summed E-state index contributed by atoms with van der Waals surface area (Å²) in [5.74, 6) is 0. The number of amides is 2. The van der Waals surface area contributed by atoms with Gasteiger partial charge in [0.05, 0.1) is 6.04 Å². The normalized spacial score (nSPS) is 26.6. The molecule has 1 saturated carbocycles. The SMILES string of the molecule is CC1(C)CC(N=C=O)CC(C)(CNC(=O)N2CCc3ccc(N)cc3C2)C1. The smallest absolute Gasteiger partial charge is 0.317 e. The molecule has 1 aromatic rings.